The van der Waals surface area contributed by atoms with E-state index < -0.39 is 0 Å². The number of hydrogen-bond acceptors (Lipinski definition) is 1. The average molecular weight is 245 g/mol. The zero-order chi connectivity index (χ0) is 9.68. The molecular weight excluding hydrogens is 228 g/mol. The maximum Gasteiger partial charge on any atom is 0.152 e. The Balaban J connectivity index is 2.49. The molecule has 1 saturated carbocycles. The number of rotatable bonds is 3. The monoisotopic (exact) mass is 244 g/mol. The fourth-order valence-electron chi connectivity index (χ4n) is 1.94. The summed E-state index contributed by atoms with van der Waals surface area (Å²) in [6, 6.07) is 0. The lowest BCUT2D eigenvalue weighted by Crippen LogP contribution is -2.18. The van der Waals surface area contributed by atoms with Crippen molar-refractivity contribution in [2.75, 3.05) is 5.33 Å². The molecular formula is C11H17BrO. The van der Waals surface area contributed by atoms with Crippen molar-refractivity contribution < 1.29 is 4.79 Å². The highest BCUT2D eigenvalue weighted by molar-refractivity contribution is 9.09. The molecule has 0 bridgehead atoms. The van der Waals surface area contributed by atoms with E-state index in [-0.39, 0.29) is 5.78 Å². The molecule has 1 aliphatic carbocycles. The Morgan fingerprint density at radius 1 is 1.46 bits per heavy atom. The van der Waals surface area contributed by atoms with Crippen LogP contribution in [-0.2, 0) is 4.79 Å². The summed E-state index contributed by atoms with van der Waals surface area (Å²) in [4.78, 5) is 10.8. The fourth-order valence-corrected chi connectivity index (χ4v) is 2.74. The van der Waals surface area contributed by atoms with Gasteiger partial charge in [-0.25, -0.2) is 0 Å². The van der Waals surface area contributed by atoms with Crippen LogP contribution in [0.2, 0.25) is 0 Å². The zero-order valence-electron chi connectivity index (χ0n) is 8.13. The highest BCUT2D eigenvalue weighted by Gasteiger charge is 2.21. The van der Waals surface area contributed by atoms with E-state index in [0.29, 0.717) is 5.92 Å². The van der Waals surface area contributed by atoms with Crippen LogP contribution in [-0.4, -0.2) is 11.1 Å². The number of carbonyl (C=O) groups excluding carboxylic acids is 1. The van der Waals surface area contributed by atoms with Crippen molar-refractivity contribution in [3.8, 4) is 0 Å². The van der Waals surface area contributed by atoms with Crippen molar-refractivity contribution in [3.63, 3.8) is 0 Å². The number of hydrogen-bond donors (Lipinski definition) is 0. The summed E-state index contributed by atoms with van der Waals surface area (Å²) in [6.07, 6.45) is 9.05. The third-order valence-corrected chi connectivity index (χ3v) is 3.58. The van der Waals surface area contributed by atoms with E-state index in [1.165, 1.54) is 25.7 Å². The first-order valence-electron chi connectivity index (χ1n) is 4.98. The SMILES string of the molecule is CC(=O)/C=C/C1CCCCC1CBr. The second kappa shape index (κ2) is 5.58. The van der Waals surface area contributed by atoms with Crippen LogP contribution in [0.3, 0.4) is 0 Å². The first kappa shape index (κ1) is 11.0. The first-order valence-corrected chi connectivity index (χ1v) is 6.11. The number of carbonyl (C=O) groups is 1. The summed E-state index contributed by atoms with van der Waals surface area (Å²) in [5, 5.41) is 1.07. The molecule has 1 fully saturated rings. The van der Waals surface area contributed by atoms with Gasteiger partial charge in [-0.3, -0.25) is 4.79 Å². The van der Waals surface area contributed by atoms with Crippen LogP contribution in [0, 0.1) is 11.8 Å². The van der Waals surface area contributed by atoms with Gasteiger partial charge in [0.25, 0.3) is 0 Å². The van der Waals surface area contributed by atoms with E-state index in [1.54, 1.807) is 13.0 Å². The van der Waals surface area contributed by atoms with Gasteiger partial charge in [-0.15, -0.1) is 0 Å². The van der Waals surface area contributed by atoms with E-state index in [2.05, 4.69) is 22.0 Å². The summed E-state index contributed by atoms with van der Waals surface area (Å²) in [7, 11) is 0. The predicted molar refractivity (Wildman–Crippen MR) is 59.1 cm³/mol. The van der Waals surface area contributed by atoms with Crippen molar-refractivity contribution >= 4 is 21.7 Å². The van der Waals surface area contributed by atoms with Gasteiger partial charge >= 0.3 is 0 Å². The lowest BCUT2D eigenvalue weighted by molar-refractivity contribution is -0.112. The van der Waals surface area contributed by atoms with Gasteiger partial charge in [0, 0.05) is 5.33 Å². The molecule has 0 aromatic heterocycles. The smallest absolute Gasteiger partial charge is 0.152 e. The molecule has 0 aliphatic heterocycles. The summed E-state index contributed by atoms with van der Waals surface area (Å²) in [6.45, 7) is 1.61. The quantitative estimate of drug-likeness (QED) is 0.550. The van der Waals surface area contributed by atoms with E-state index in [1.807, 2.05) is 0 Å². The summed E-state index contributed by atoms with van der Waals surface area (Å²) < 4.78 is 0. The summed E-state index contributed by atoms with van der Waals surface area (Å²) in [5.41, 5.74) is 0. The number of allylic oxidation sites excluding steroid dienone is 2. The molecule has 1 nitrogen and oxygen atoms in total. The van der Waals surface area contributed by atoms with E-state index in [9.17, 15) is 4.79 Å². The molecule has 13 heavy (non-hydrogen) atoms. The molecule has 0 radical (unpaired) electrons. The lowest BCUT2D eigenvalue weighted by Gasteiger charge is -2.27. The number of halogens is 1. The Morgan fingerprint density at radius 2 is 2.15 bits per heavy atom. The molecule has 2 unspecified atom stereocenters. The second-order valence-corrected chi connectivity index (χ2v) is 4.48. The maximum atomic E-state index is 10.8. The van der Waals surface area contributed by atoms with Crippen LogP contribution in [0.5, 0.6) is 0 Å². The van der Waals surface area contributed by atoms with Gasteiger partial charge in [-0.05, 0) is 37.7 Å². The van der Waals surface area contributed by atoms with Crippen molar-refractivity contribution in [3.05, 3.63) is 12.2 Å². The van der Waals surface area contributed by atoms with Crippen LogP contribution in [0.4, 0.5) is 0 Å². The van der Waals surface area contributed by atoms with Gasteiger partial charge in [0.1, 0.15) is 0 Å². The first-order chi connectivity index (χ1) is 6.24. The van der Waals surface area contributed by atoms with Gasteiger partial charge in [0.15, 0.2) is 5.78 Å². The Morgan fingerprint density at radius 3 is 2.77 bits per heavy atom. The zero-order valence-corrected chi connectivity index (χ0v) is 9.72. The molecule has 2 atom stereocenters. The number of ketones is 1. The molecule has 2 heteroatoms. The van der Waals surface area contributed by atoms with Gasteiger partial charge in [-0.2, -0.15) is 0 Å². The minimum absolute atomic E-state index is 0.166. The van der Waals surface area contributed by atoms with Gasteiger partial charge in [0.2, 0.25) is 0 Å². The Bertz CT molecular complexity index is 198. The lowest BCUT2D eigenvalue weighted by atomic mass is 9.80. The van der Waals surface area contributed by atoms with E-state index in [0.717, 1.165) is 11.2 Å². The highest BCUT2D eigenvalue weighted by atomic mass is 79.9. The van der Waals surface area contributed by atoms with Crippen LogP contribution in [0.15, 0.2) is 12.2 Å². The average Bonchev–Trinajstić information content (AvgIpc) is 2.15. The molecule has 0 aromatic rings. The predicted octanol–water partition coefficient (Wildman–Crippen LogP) is 3.33. The molecule has 0 saturated heterocycles. The van der Waals surface area contributed by atoms with Gasteiger partial charge < -0.3 is 0 Å². The van der Waals surface area contributed by atoms with Crippen LogP contribution >= 0.6 is 15.9 Å². The molecule has 0 heterocycles. The van der Waals surface area contributed by atoms with Crippen molar-refractivity contribution in [2.24, 2.45) is 11.8 Å². The van der Waals surface area contributed by atoms with Crippen LogP contribution in [0.1, 0.15) is 32.6 Å². The van der Waals surface area contributed by atoms with Crippen molar-refractivity contribution in [1.82, 2.24) is 0 Å². The normalized spacial score (nSPS) is 29.4. The minimum atomic E-state index is 0.166. The van der Waals surface area contributed by atoms with Crippen LogP contribution < -0.4 is 0 Å². The van der Waals surface area contributed by atoms with Gasteiger partial charge in [-0.1, -0.05) is 34.8 Å². The minimum Gasteiger partial charge on any atom is -0.295 e. The maximum absolute atomic E-state index is 10.8. The third kappa shape index (κ3) is 3.63. The largest absolute Gasteiger partial charge is 0.295 e. The topological polar surface area (TPSA) is 17.1 Å². The third-order valence-electron chi connectivity index (χ3n) is 2.74. The molecule has 74 valence electrons. The van der Waals surface area contributed by atoms with E-state index in [4.69, 9.17) is 0 Å². The second-order valence-electron chi connectivity index (χ2n) is 3.83. The Hall–Kier alpha value is -0.110. The highest BCUT2D eigenvalue weighted by Crippen LogP contribution is 2.32. The fraction of sp³-hybridized carbons (Fsp3) is 0.727. The number of alkyl halides is 1. The van der Waals surface area contributed by atoms with Crippen LogP contribution in [0.25, 0.3) is 0 Å². The Kier molecular flexibility index (Phi) is 4.71. The standard InChI is InChI=1S/C11H17BrO/c1-9(13)6-7-10-4-2-3-5-11(10)8-12/h6-7,10-11H,2-5,8H2,1H3/b7-6+. The molecule has 0 spiro atoms. The summed E-state index contributed by atoms with van der Waals surface area (Å²) >= 11 is 3.54. The summed E-state index contributed by atoms with van der Waals surface area (Å²) in [5.74, 6) is 1.53. The molecule has 0 N–H and O–H groups in total. The molecule has 0 amide bonds. The molecule has 1 rings (SSSR count). The van der Waals surface area contributed by atoms with Gasteiger partial charge in [0.05, 0.1) is 0 Å². The Labute approximate surface area is 88.7 Å². The van der Waals surface area contributed by atoms with E-state index >= 15 is 0 Å². The van der Waals surface area contributed by atoms with Crippen molar-refractivity contribution in [2.45, 2.75) is 32.6 Å². The molecule has 0 aromatic carbocycles. The van der Waals surface area contributed by atoms with Crippen molar-refractivity contribution in [1.29, 1.82) is 0 Å². The molecule has 1 aliphatic rings.